The van der Waals surface area contributed by atoms with E-state index in [9.17, 15) is 9.59 Å². The van der Waals surface area contributed by atoms with Crippen molar-refractivity contribution in [3.05, 3.63) is 23.8 Å². The van der Waals surface area contributed by atoms with Gasteiger partial charge >= 0.3 is 5.97 Å². The smallest absolute Gasteiger partial charge is 0.303 e. The fraction of sp³-hybridized carbons (Fsp3) is 0.739. The van der Waals surface area contributed by atoms with Crippen LogP contribution in [0.5, 0.6) is 0 Å². The molecule has 4 rings (SSSR count). The van der Waals surface area contributed by atoms with Crippen molar-refractivity contribution in [2.45, 2.75) is 78.2 Å². The van der Waals surface area contributed by atoms with E-state index in [1.54, 1.807) is 0 Å². The minimum atomic E-state index is -0.336. The summed E-state index contributed by atoms with van der Waals surface area (Å²) in [5.41, 5.74) is 1.97. The van der Waals surface area contributed by atoms with Gasteiger partial charge in [0.2, 0.25) is 0 Å². The molecule has 26 heavy (non-hydrogen) atoms. The second-order valence-electron chi connectivity index (χ2n) is 9.97. The van der Waals surface area contributed by atoms with E-state index in [1.807, 2.05) is 6.08 Å². The van der Waals surface area contributed by atoms with Crippen molar-refractivity contribution in [3.8, 4) is 0 Å². The molecule has 0 spiro atoms. The third-order valence-electron chi connectivity index (χ3n) is 8.87. The van der Waals surface area contributed by atoms with Gasteiger partial charge in [-0.1, -0.05) is 26.0 Å². The standard InChI is InChI=1S/C23H32O3/c1-14-13-21(3)16(12-20(14)25)6-7-17-18(21)8-10-22(4)19(17)9-11-23(22,5)26-15(2)24/h12,17-19H,1,6-11,13H2,2-5H3/t17?,18?,19?,21-,22-,23-/m0/s1. The van der Waals surface area contributed by atoms with E-state index < -0.39 is 0 Å². The molecule has 0 radical (unpaired) electrons. The minimum absolute atomic E-state index is 0.0684. The lowest BCUT2D eigenvalue weighted by Crippen LogP contribution is -2.55. The Morgan fingerprint density at radius 1 is 1.15 bits per heavy atom. The predicted molar refractivity (Wildman–Crippen MR) is 101 cm³/mol. The number of carbonyl (C=O) groups excluding carboxylic acids is 2. The molecular formula is C23H32O3. The summed E-state index contributed by atoms with van der Waals surface area (Å²) in [5.74, 6) is 1.87. The van der Waals surface area contributed by atoms with Gasteiger partial charge in [0.1, 0.15) is 5.60 Å². The first-order valence-corrected chi connectivity index (χ1v) is 10.2. The average Bonchev–Trinajstić information content (AvgIpc) is 2.80. The molecule has 0 N–H and O–H groups in total. The lowest BCUT2D eigenvalue weighted by atomic mass is 9.46. The lowest BCUT2D eigenvalue weighted by molar-refractivity contribution is -0.177. The molecular weight excluding hydrogens is 324 g/mol. The van der Waals surface area contributed by atoms with Crippen LogP contribution in [0.4, 0.5) is 0 Å². The Hall–Kier alpha value is -1.38. The van der Waals surface area contributed by atoms with Gasteiger partial charge in [-0.2, -0.15) is 0 Å². The van der Waals surface area contributed by atoms with Crippen molar-refractivity contribution >= 4 is 11.8 Å². The molecule has 0 aromatic heterocycles. The quantitative estimate of drug-likeness (QED) is 0.490. The van der Waals surface area contributed by atoms with E-state index in [1.165, 1.54) is 18.9 Å². The molecule has 4 aliphatic rings. The summed E-state index contributed by atoms with van der Waals surface area (Å²) in [5, 5.41) is 0. The maximum absolute atomic E-state index is 12.1. The Kier molecular flexibility index (Phi) is 3.85. The number of ether oxygens (including phenoxy) is 1. The molecule has 3 heteroatoms. The van der Waals surface area contributed by atoms with Gasteiger partial charge < -0.3 is 4.74 Å². The topological polar surface area (TPSA) is 43.4 Å². The molecule has 0 aromatic rings. The summed E-state index contributed by atoms with van der Waals surface area (Å²) in [6.45, 7) is 12.5. The van der Waals surface area contributed by atoms with Crippen molar-refractivity contribution in [1.29, 1.82) is 0 Å². The van der Waals surface area contributed by atoms with Gasteiger partial charge in [0.25, 0.3) is 0 Å². The van der Waals surface area contributed by atoms with Crippen LogP contribution >= 0.6 is 0 Å². The Bertz CT molecular complexity index is 719. The molecule has 0 aliphatic heterocycles. The Balaban J connectivity index is 1.67. The third-order valence-corrected chi connectivity index (χ3v) is 8.87. The minimum Gasteiger partial charge on any atom is -0.459 e. The number of fused-ring (bicyclic) bond motifs is 5. The van der Waals surface area contributed by atoms with E-state index >= 15 is 0 Å². The molecule has 3 nitrogen and oxygen atoms in total. The number of ketones is 1. The molecule has 0 bridgehead atoms. The Morgan fingerprint density at radius 3 is 2.54 bits per heavy atom. The zero-order chi connectivity index (χ0) is 18.9. The Morgan fingerprint density at radius 2 is 1.85 bits per heavy atom. The first-order chi connectivity index (χ1) is 12.1. The molecule has 3 fully saturated rings. The summed E-state index contributed by atoms with van der Waals surface area (Å²) >= 11 is 0. The molecule has 0 amide bonds. The summed E-state index contributed by atoms with van der Waals surface area (Å²) in [7, 11) is 0. The molecule has 4 aliphatic carbocycles. The highest BCUT2D eigenvalue weighted by atomic mass is 16.6. The molecule has 3 unspecified atom stereocenters. The Labute approximate surface area is 157 Å². The second-order valence-corrected chi connectivity index (χ2v) is 9.97. The normalized spacial score (nSPS) is 47.5. The van der Waals surface area contributed by atoms with Crippen LogP contribution in [0.25, 0.3) is 0 Å². The number of esters is 1. The molecule has 0 aromatic carbocycles. The van der Waals surface area contributed by atoms with Gasteiger partial charge in [0.05, 0.1) is 0 Å². The molecule has 6 atom stereocenters. The van der Waals surface area contributed by atoms with Gasteiger partial charge in [-0.05, 0) is 86.7 Å². The molecule has 0 saturated heterocycles. The zero-order valence-corrected chi connectivity index (χ0v) is 16.7. The van der Waals surface area contributed by atoms with Crippen molar-refractivity contribution < 1.29 is 14.3 Å². The van der Waals surface area contributed by atoms with Crippen molar-refractivity contribution in [2.75, 3.05) is 0 Å². The van der Waals surface area contributed by atoms with Crippen molar-refractivity contribution in [2.24, 2.45) is 28.6 Å². The van der Waals surface area contributed by atoms with E-state index in [0.29, 0.717) is 17.8 Å². The van der Waals surface area contributed by atoms with Crippen LogP contribution in [0.2, 0.25) is 0 Å². The zero-order valence-electron chi connectivity index (χ0n) is 16.7. The lowest BCUT2D eigenvalue weighted by Gasteiger charge is -2.59. The van der Waals surface area contributed by atoms with Crippen LogP contribution in [-0.4, -0.2) is 17.4 Å². The van der Waals surface area contributed by atoms with Gasteiger partial charge in [-0.25, -0.2) is 0 Å². The maximum Gasteiger partial charge on any atom is 0.303 e. The number of rotatable bonds is 1. The van der Waals surface area contributed by atoms with Gasteiger partial charge in [-0.3, -0.25) is 9.59 Å². The van der Waals surface area contributed by atoms with E-state index in [0.717, 1.165) is 44.1 Å². The van der Waals surface area contributed by atoms with Gasteiger partial charge in [0.15, 0.2) is 5.78 Å². The SMILES string of the molecule is C=C1C[C@@]2(C)C(=CC1=O)CCC1C2CC[C@@]2(C)C1CC[C@]2(C)OC(C)=O. The van der Waals surface area contributed by atoms with Crippen LogP contribution in [0, 0.1) is 28.6 Å². The second kappa shape index (κ2) is 5.56. The number of allylic oxidation sites excluding steroid dienone is 2. The summed E-state index contributed by atoms with van der Waals surface area (Å²) in [4.78, 5) is 23.9. The first-order valence-electron chi connectivity index (χ1n) is 10.2. The number of hydrogen-bond donors (Lipinski definition) is 0. The van der Waals surface area contributed by atoms with Gasteiger partial charge in [0, 0.05) is 12.3 Å². The third kappa shape index (κ3) is 2.25. The monoisotopic (exact) mass is 356 g/mol. The van der Waals surface area contributed by atoms with Crippen LogP contribution < -0.4 is 0 Å². The van der Waals surface area contributed by atoms with Crippen molar-refractivity contribution in [1.82, 2.24) is 0 Å². The highest BCUT2D eigenvalue weighted by Crippen LogP contribution is 2.68. The van der Waals surface area contributed by atoms with E-state index in [4.69, 9.17) is 4.74 Å². The average molecular weight is 357 g/mol. The fourth-order valence-corrected chi connectivity index (χ4v) is 7.31. The van der Waals surface area contributed by atoms with E-state index in [-0.39, 0.29) is 28.2 Å². The summed E-state index contributed by atoms with van der Waals surface area (Å²) < 4.78 is 5.90. The van der Waals surface area contributed by atoms with Gasteiger partial charge in [-0.15, -0.1) is 0 Å². The number of hydrogen-bond acceptors (Lipinski definition) is 3. The summed E-state index contributed by atoms with van der Waals surface area (Å²) in [6, 6.07) is 0. The van der Waals surface area contributed by atoms with Crippen LogP contribution in [0.3, 0.4) is 0 Å². The molecule has 142 valence electrons. The van der Waals surface area contributed by atoms with Crippen molar-refractivity contribution in [3.63, 3.8) is 0 Å². The first kappa shape index (κ1) is 18.0. The number of carbonyl (C=O) groups is 2. The summed E-state index contributed by atoms with van der Waals surface area (Å²) in [6.07, 6.45) is 9.31. The van der Waals surface area contributed by atoms with Crippen LogP contribution in [0.1, 0.15) is 72.6 Å². The highest BCUT2D eigenvalue weighted by Gasteiger charge is 2.64. The highest BCUT2D eigenvalue weighted by molar-refractivity contribution is 6.05. The molecule has 0 heterocycles. The molecule has 3 saturated carbocycles. The fourth-order valence-electron chi connectivity index (χ4n) is 7.31. The largest absolute Gasteiger partial charge is 0.459 e. The maximum atomic E-state index is 12.1. The van der Waals surface area contributed by atoms with E-state index in [2.05, 4.69) is 27.4 Å². The van der Waals surface area contributed by atoms with Crippen LogP contribution in [0.15, 0.2) is 23.8 Å². The van der Waals surface area contributed by atoms with Crippen LogP contribution in [-0.2, 0) is 14.3 Å². The predicted octanol–water partition coefficient (Wildman–Crippen LogP) is 5.01.